The molecule has 0 radical (unpaired) electrons. The van der Waals surface area contributed by atoms with Gasteiger partial charge in [0.25, 0.3) is 15.9 Å². The van der Waals surface area contributed by atoms with Gasteiger partial charge in [-0.3, -0.25) is 4.79 Å². The fourth-order valence-corrected chi connectivity index (χ4v) is 4.62. The highest BCUT2D eigenvalue weighted by Crippen LogP contribution is 2.24. The van der Waals surface area contributed by atoms with Gasteiger partial charge in [-0.05, 0) is 42.8 Å². The first-order chi connectivity index (χ1) is 11.7. The summed E-state index contributed by atoms with van der Waals surface area (Å²) in [6, 6.07) is 8.39. The molecule has 0 spiro atoms. The first kappa shape index (κ1) is 19.7. The molecule has 0 saturated heterocycles. The molecule has 0 aliphatic rings. The van der Waals surface area contributed by atoms with E-state index in [2.05, 4.69) is 5.32 Å². The van der Waals surface area contributed by atoms with Crippen LogP contribution in [0.5, 0.6) is 5.75 Å². The number of benzene rings is 1. The molecule has 9 heteroatoms. The Kier molecular flexibility index (Phi) is 6.45. The van der Waals surface area contributed by atoms with Crippen molar-refractivity contribution in [1.29, 1.82) is 0 Å². The van der Waals surface area contributed by atoms with Crippen LogP contribution in [0.2, 0.25) is 5.02 Å². The van der Waals surface area contributed by atoms with Gasteiger partial charge in [0.15, 0.2) is 6.61 Å². The number of ether oxygens (including phenoxy) is 1. The van der Waals surface area contributed by atoms with Crippen molar-refractivity contribution in [3.8, 4) is 5.75 Å². The molecule has 0 aliphatic heterocycles. The zero-order valence-electron chi connectivity index (χ0n) is 14.1. The van der Waals surface area contributed by atoms with Gasteiger partial charge in [-0.25, -0.2) is 12.7 Å². The lowest BCUT2D eigenvalue weighted by Crippen LogP contribution is -2.28. The highest BCUT2D eigenvalue weighted by Gasteiger charge is 2.19. The number of carbonyl (C=O) groups excluding carboxylic acids is 1. The fourth-order valence-electron chi connectivity index (χ4n) is 1.93. The molecule has 0 saturated carbocycles. The third-order valence-electron chi connectivity index (χ3n) is 3.33. The van der Waals surface area contributed by atoms with Crippen LogP contribution < -0.4 is 10.1 Å². The van der Waals surface area contributed by atoms with Crippen molar-refractivity contribution in [3.63, 3.8) is 0 Å². The molecule has 0 fully saturated rings. The number of carbonyl (C=O) groups is 1. The number of aryl methyl sites for hydroxylation is 1. The summed E-state index contributed by atoms with van der Waals surface area (Å²) in [5.74, 6) is 0.301. The Hall–Kier alpha value is -1.61. The molecule has 1 heterocycles. The van der Waals surface area contributed by atoms with Crippen LogP contribution in [-0.4, -0.2) is 39.3 Å². The van der Waals surface area contributed by atoms with Gasteiger partial charge in [0, 0.05) is 24.0 Å². The number of nitrogens with zero attached hydrogens (tertiary/aromatic N) is 1. The standard InChI is InChI=1S/C16H19ClN2O4S2/c1-11-8-12(17)4-6-14(11)23-10-15(20)18-9-13-5-7-16(24-13)25(21,22)19(2)3/h4-8H,9-10H2,1-3H3,(H,18,20). The van der Waals surface area contributed by atoms with E-state index in [1.54, 1.807) is 24.3 Å². The smallest absolute Gasteiger partial charge is 0.258 e. The molecule has 0 aliphatic carbocycles. The number of halogens is 1. The van der Waals surface area contributed by atoms with Crippen molar-refractivity contribution < 1.29 is 17.9 Å². The maximum Gasteiger partial charge on any atom is 0.258 e. The van der Waals surface area contributed by atoms with Crippen molar-refractivity contribution in [2.24, 2.45) is 0 Å². The Morgan fingerprint density at radius 1 is 1.28 bits per heavy atom. The average Bonchev–Trinajstić information content (AvgIpc) is 3.01. The van der Waals surface area contributed by atoms with Gasteiger partial charge in [0.2, 0.25) is 0 Å². The highest BCUT2D eigenvalue weighted by atomic mass is 35.5. The zero-order chi connectivity index (χ0) is 18.6. The van der Waals surface area contributed by atoms with Crippen molar-refractivity contribution in [3.05, 3.63) is 45.8 Å². The van der Waals surface area contributed by atoms with Crippen LogP contribution in [0, 0.1) is 6.92 Å². The molecular weight excluding hydrogens is 384 g/mol. The lowest BCUT2D eigenvalue weighted by Gasteiger charge is -2.09. The Morgan fingerprint density at radius 3 is 2.64 bits per heavy atom. The van der Waals surface area contributed by atoms with Crippen molar-refractivity contribution >= 4 is 38.9 Å². The minimum atomic E-state index is -3.45. The molecule has 1 aromatic carbocycles. The first-order valence-electron chi connectivity index (χ1n) is 7.37. The fraction of sp³-hybridized carbons (Fsp3) is 0.312. The molecule has 1 N–H and O–H groups in total. The summed E-state index contributed by atoms with van der Waals surface area (Å²) < 4.78 is 30.9. The van der Waals surface area contributed by atoms with E-state index in [9.17, 15) is 13.2 Å². The number of hydrogen-bond donors (Lipinski definition) is 1. The number of nitrogens with one attached hydrogen (secondary N) is 1. The van der Waals surface area contributed by atoms with Crippen LogP contribution in [0.1, 0.15) is 10.4 Å². The summed E-state index contributed by atoms with van der Waals surface area (Å²) in [6.07, 6.45) is 0. The largest absolute Gasteiger partial charge is 0.484 e. The minimum Gasteiger partial charge on any atom is -0.484 e. The topological polar surface area (TPSA) is 75.7 Å². The minimum absolute atomic E-state index is 0.128. The van der Waals surface area contributed by atoms with Crippen molar-refractivity contribution in [2.45, 2.75) is 17.7 Å². The van der Waals surface area contributed by atoms with E-state index in [-0.39, 0.29) is 23.3 Å². The molecular formula is C16H19ClN2O4S2. The molecule has 25 heavy (non-hydrogen) atoms. The predicted octanol–water partition coefficient (Wildman–Crippen LogP) is 2.66. The van der Waals surface area contributed by atoms with Crippen LogP contribution in [-0.2, 0) is 21.4 Å². The van der Waals surface area contributed by atoms with Crippen molar-refractivity contribution in [2.75, 3.05) is 20.7 Å². The van der Waals surface area contributed by atoms with Crippen LogP contribution in [0.15, 0.2) is 34.5 Å². The molecule has 0 atom stereocenters. The number of rotatable bonds is 7. The number of thiophene rings is 1. The molecule has 1 amide bonds. The Bertz CT molecular complexity index is 863. The monoisotopic (exact) mass is 402 g/mol. The summed E-state index contributed by atoms with van der Waals surface area (Å²) in [4.78, 5) is 12.6. The van der Waals surface area contributed by atoms with E-state index in [1.807, 2.05) is 6.92 Å². The summed E-state index contributed by atoms with van der Waals surface area (Å²) in [5.41, 5.74) is 0.845. The average molecular weight is 403 g/mol. The first-order valence-corrected chi connectivity index (χ1v) is 10.0. The van der Waals surface area contributed by atoms with E-state index in [4.69, 9.17) is 16.3 Å². The Balaban J connectivity index is 1.87. The number of sulfonamides is 1. The van der Waals surface area contributed by atoms with E-state index >= 15 is 0 Å². The van der Waals surface area contributed by atoms with Crippen LogP contribution in [0.25, 0.3) is 0 Å². The summed E-state index contributed by atoms with van der Waals surface area (Å²) >= 11 is 7.00. The van der Waals surface area contributed by atoms with Gasteiger partial charge < -0.3 is 10.1 Å². The highest BCUT2D eigenvalue weighted by molar-refractivity contribution is 7.91. The van der Waals surface area contributed by atoms with Crippen LogP contribution in [0.3, 0.4) is 0 Å². The van der Waals surface area contributed by atoms with Gasteiger partial charge in [0.1, 0.15) is 9.96 Å². The lowest BCUT2D eigenvalue weighted by atomic mass is 10.2. The van der Waals surface area contributed by atoms with E-state index in [0.717, 1.165) is 26.1 Å². The Labute approximate surface area is 156 Å². The zero-order valence-corrected chi connectivity index (χ0v) is 16.5. The predicted molar refractivity (Wildman–Crippen MR) is 98.7 cm³/mol. The maximum atomic E-state index is 12.0. The molecule has 2 rings (SSSR count). The van der Waals surface area contributed by atoms with Gasteiger partial charge in [0.05, 0.1) is 6.54 Å². The molecule has 0 unspecified atom stereocenters. The normalized spacial score (nSPS) is 11.6. The molecule has 1 aromatic heterocycles. The summed E-state index contributed by atoms with van der Waals surface area (Å²) in [6.45, 7) is 1.96. The second-order valence-corrected chi connectivity index (χ2v) is 9.47. The molecule has 136 valence electrons. The van der Waals surface area contributed by atoms with Crippen LogP contribution in [0.4, 0.5) is 0 Å². The van der Waals surface area contributed by atoms with Crippen LogP contribution >= 0.6 is 22.9 Å². The van der Waals surface area contributed by atoms with Gasteiger partial charge in [-0.2, -0.15) is 0 Å². The quantitative estimate of drug-likeness (QED) is 0.772. The Morgan fingerprint density at radius 2 is 2.00 bits per heavy atom. The molecule has 6 nitrogen and oxygen atoms in total. The molecule has 0 bridgehead atoms. The number of amides is 1. The third-order valence-corrected chi connectivity index (χ3v) is 6.93. The number of hydrogen-bond acceptors (Lipinski definition) is 5. The summed E-state index contributed by atoms with van der Waals surface area (Å²) in [7, 11) is -0.488. The maximum absolute atomic E-state index is 12.0. The summed E-state index contributed by atoms with van der Waals surface area (Å²) in [5, 5.41) is 3.31. The van der Waals surface area contributed by atoms with E-state index < -0.39 is 10.0 Å². The third kappa shape index (κ3) is 5.18. The second kappa shape index (κ2) is 8.18. The van der Waals surface area contributed by atoms with E-state index in [1.165, 1.54) is 20.2 Å². The van der Waals surface area contributed by atoms with Gasteiger partial charge in [-0.15, -0.1) is 11.3 Å². The van der Waals surface area contributed by atoms with Gasteiger partial charge >= 0.3 is 0 Å². The van der Waals surface area contributed by atoms with Gasteiger partial charge in [-0.1, -0.05) is 11.6 Å². The second-order valence-electron chi connectivity index (χ2n) is 5.48. The van der Waals surface area contributed by atoms with Crippen molar-refractivity contribution in [1.82, 2.24) is 9.62 Å². The molecule has 2 aromatic rings. The lowest BCUT2D eigenvalue weighted by molar-refractivity contribution is -0.123. The SMILES string of the molecule is Cc1cc(Cl)ccc1OCC(=O)NCc1ccc(S(=O)(=O)N(C)C)s1. The van der Waals surface area contributed by atoms with E-state index in [0.29, 0.717) is 10.8 Å².